The lowest BCUT2D eigenvalue weighted by molar-refractivity contribution is -0.119. The van der Waals surface area contributed by atoms with Crippen molar-refractivity contribution in [2.75, 3.05) is 19.6 Å². The van der Waals surface area contributed by atoms with Gasteiger partial charge in [-0.2, -0.15) is 0 Å². The average molecular weight is 267 g/mol. The number of carbonyl (C=O) groups is 1. The van der Waals surface area contributed by atoms with Crippen molar-refractivity contribution in [3.63, 3.8) is 0 Å². The molecule has 1 heterocycles. The van der Waals surface area contributed by atoms with Gasteiger partial charge in [0.2, 0.25) is 5.91 Å². The summed E-state index contributed by atoms with van der Waals surface area (Å²) >= 11 is 6.33. The van der Waals surface area contributed by atoms with E-state index in [9.17, 15) is 4.79 Å². The Morgan fingerprint density at radius 2 is 2.06 bits per heavy atom. The van der Waals surface area contributed by atoms with Gasteiger partial charge in [0.15, 0.2) is 0 Å². The van der Waals surface area contributed by atoms with Crippen LogP contribution in [0.3, 0.4) is 0 Å². The first-order valence-corrected chi connectivity index (χ1v) is 6.72. The predicted octanol–water partition coefficient (Wildman–Crippen LogP) is 2.10. The molecule has 1 aromatic rings. The van der Waals surface area contributed by atoms with Crippen LogP contribution in [0.15, 0.2) is 24.3 Å². The Balaban J connectivity index is 2.29. The van der Waals surface area contributed by atoms with Gasteiger partial charge in [-0.25, -0.2) is 0 Å². The molecular weight excluding hydrogens is 248 g/mol. The first-order valence-electron chi connectivity index (χ1n) is 6.34. The third-order valence-corrected chi connectivity index (χ3v) is 4.01. The average Bonchev–Trinajstić information content (AvgIpc) is 2.38. The van der Waals surface area contributed by atoms with E-state index in [0.29, 0.717) is 6.54 Å². The van der Waals surface area contributed by atoms with E-state index < -0.39 is 0 Å². The SMILES string of the molecule is CC(=O)NCC1(c2ccccc2Cl)CCNCC1. The van der Waals surface area contributed by atoms with Crippen LogP contribution >= 0.6 is 11.6 Å². The topological polar surface area (TPSA) is 41.1 Å². The minimum absolute atomic E-state index is 0.0139. The molecule has 1 amide bonds. The van der Waals surface area contributed by atoms with E-state index in [1.54, 1.807) is 6.92 Å². The van der Waals surface area contributed by atoms with Crippen LogP contribution in [0.4, 0.5) is 0 Å². The van der Waals surface area contributed by atoms with Crippen molar-refractivity contribution >= 4 is 17.5 Å². The second kappa shape index (κ2) is 5.72. The highest BCUT2D eigenvalue weighted by molar-refractivity contribution is 6.31. The van der Waals surface area contributed by atoms with Gasteiger partial charge in [-0.05, 0) is 37.6 Å². The van der Waals surface area contributed by atoms with Crippen LogP contribution in [0, 0.1) is 0 Å². The molecule has 0 radical (unpaired) electrons. The Morgan fingerprint density at radius 1 is 1.39 bits per heavy atom. The third kappa shape index (κ3) is 2.85. The molecule has 0 bridgehead atoms. The number of carbonyl (C=O) groups excluding carboxylic acids is 1. The fourth-order valence-corrected chi connectivity index (χ4v) is 2.97. The van der Waals surface area contributed by atoms with Crippen LogP contribution in [0.25, 0.3) is 0 Å². The maximum atomic E-state index is 11.2. The lowest BCUT2D eigenvalue weighted by Gasteiger charge is -2.38. The van der Waals surface area contributed by atoms with Crippen molar-refractivity contribution < 1.29 is 4.79 Å². The van der Waals surface area contributed by atoms with Crippen molar-refractivity contribution in [1.29, 1.82) is 0 Å². The normalized spacial score (nSPS) is 18.3. The molecule has 1 saturated heterocycles. The number of hydrogen-bond acceptors (Lipinski definition) is 2. The van der Waals surface area contributed by atoms with E-state index in [1.165, 1.54) is 0 Å². The molecule has 3 nitrogen and oxygen atoms in total. The Morgan fingerprint density at radius 3 is 2.67 bits per heavy atom. The largest absolute Gasteiger partial charge is 0.355 e. The maximum absolute atomic E-state index is 11.2. The molecule has 1 fully saturated rings. The molecule has 0 spiro atoms. The van der Waals surface area contributed by atoms with Crippen LogP contribution in [0.5, 0.6) is 0 Å². The molecule has 0 aromatic heterocycles. The zero-order valence-corrected chi connectivity index (χ0v) is 11.4. The standard InChI is InChI=1S/C14H19ClN2O/c1-11(18)17-10-14(6-8-16-9-7-14)12-4-2-3-5-13(12)15/h2-5,16H,6-10H2,1H3,(H,17,18). The lowest BCUT2D eigenvalue weighted by atomic mass is 9.73. The second-order valence-electron chi connectivity index (χ2n) is 4.92. The molecule has 0 unspecified atom stereocenters. The summed E-state index contributed by atoms with van der Waals surface area (Å²) in [6.45, 7) is 4.14. The summed E-state index contributed by atoms with van der Waals surface area (Å²) in [7, 11) is 0. The fourth-order valence-electron chi connectivity index (χ4n) is 2.63. The first-order chi connectivity index (χ1) is 8.64. The maximum Gasteiger partial charge on any atom is 0.216 e. The lowest BCUT2D eigenvalue weighted by Crippen LogP contribution is -2.47. The summed E-state index contributed by atoms with van der Waals surface area (Å²) in [4.78, 5) is 11.2. The van der Waals surface area contributed by atoms with E-state index in [-0.39, 0.29) is 11.3 Å². The highest BCUT2D eigenvalue weighted by Crippen LogP contribution is 2.36. The Bertz CT molecular complexity index is 428. The van der Waals surface area contributed by atoms with Gasteiger partial charge >= 0.3 is 0 Å². The molecule has 4 heteroatoms. The molecule has 2 rings (SSSR count). The quantitative estimate of drug-likeness (QED) is 0.880. The molecule has 1 aliphatic rings. The van der Waals surface area contributed by atoms with Gasteiger partial charge in [-0.15, -0.1) is 0 Å². The first kappa shape index (κ1) is 13.4. The molecule has 2 N–H and O–H groups in total. The Hall–Kier alpha value is -1.06. The monoisotopic (exact) mass is 266 g/mol. The van der Waals surface area contributed by atoms with Crippen LogP contribution in [0.1, 0.15) is 25.3 Å². The fraction of sp³-hybridized carbons (Fsp3) is 0.500. The highest BCUT2D eigenvalue weighted by atomic mass is 35.5. The summed E-state index contributed by atoms with van der Waals surface area (Å²) < 4.78 is 0. The zero-order chi connectivity index (χ0) is 13.0. The summed E-state index contributed by atoms with van der Waals surface area (Å²) in [5.74, 6) is 0.0139. The minimum Gasteiger partial charge on any atom is -0.355 e. The number of halogens is 1. The summed E-state index contributed by atoms with van der Waals surface area (Å²) in [5.41, 5.74) is 1.12. The van der Waals surface area contributed by atoms with Crippen molar-refractivity contribution in [3.05, 3.63) is 34.9 Å². The second-order valence-corrected chi connectivity index (χ2v) is 5.33. The highest BCUT2D eigenvalue weighted by Gasteiger charge is 2.35. The predicted molar refractivity (Wildman–Crippen MR) is 73.9 cm³/mol. The number of rotatable bonds is 3. The van der Waals surface area contributed by atoms with E-state index in [1.807, 2.05) is 18.2 Å². The Labute approximate surface area is 113 Å². The van der Waals surface area contributed by atoms with Gasteiger partial charge in [0.1, 0.15) is 0 Å². The molecule has 1 aliphatic heterocycles. The van der Waals surface area contributed by atoms with Gasteiger partial charge in [0.25, 0.3) is 0 Å². The van der Waals surface area contributed by atoms with Crippen molar-refractivity contribution in [1.82, 2.24) is 10.6 Å². The van der Waals surface area contributed by atoms with E-state index >= 15 is 0 Å². The van der Waals surface area contributed by atoms with Crippen LogP contribution in [-0.4, -0.2) is 25.5 Å². The summed E-state index contributed by atoms with van der Waals surface area (Å²) in [6, 6.07) is 7.96. The molecule has 18 heavy (non-hydrogen) atoms. The van der Waals surface area contributed by atoms with Crippen LogP contribution in [0.2, 0.25) is 5.02 Å². The molecule has 0 saturated carbocycles. The van der Waals surface area contributed by atoms with Crippen LogP contribution < -0.4 is 10.6 Å². The number of piperidine rings is 1. The molecule has 1 aromatic carbocycles. The van der Waals surface area contributed by atoms with E-state index in [0.717, 1.165) is 36.5 Å². The van der Waals surface area contributed by atoms with Gasteiger partial charge in [0, 0.05) is 23.9 Å². The van der Waals surface area contributed by atoms with Gasteiger partial charge in [-0.1, -0.05) is 29.8 Å². The minimum atomic E-state index is -0.0325. The zero-order valence-electron chi connectivity index (χ0n) is 10.6. The summed E-state index contributed by atoms with van der Waals surface area (Å²) in [6.07, 6.45) is 1.99. The number of amides is 1. The number of hydrogen-bond donors (Lipinski definition) is 2. The number of benzene rings is 1. The van der Waals surface area contributed by atoms with E-state index in [2.05, 4.69) is 16.7 Å². The summed E-state index contributed by atoms with van der Waals surface area (Å²) in [5, 5.41) is 7.11. The van der Waals surface area contributed by atoms with E-state index in [4.69, 9.17) is 11.6 Å². The van der Waals surface area contributed by atoms with Gasteiger partial charge in [0.05, 0.1) is 0 Å². The smallest absolute Gasteiger partial charge is 0.216 e. The van der Waals surface area contributed by atoms with Crippen molar-refractivity contribution in [2.45, 2.75) is 25.2 Å². The van der Waals surface area contributed by atoms with Crippen molar-refractivity contribution in [2.24, 2.45) is 0 Å². The van der Waals surface area contributed by atoms with Gasteiger partial charge in [-0.3, -0.25) is 4.79 Å². The molecular formula is C14H19ClN2O. The molecule has 0 aliphatic carbocycles. The molecule has 98 valence electrons. The van der Waals surface area contributed by atoms with Crippen molar-refractivity contribution in [3.8, 4) is 0 Å². The van der Waals surface area contributed by atoms with Crippen LogP contribution in [-0.2, 0) is 10.2 Å². The third-order valence-electron chi connectivity index (χ3n) is 3.68. The Kier molecular flexibility index (Phi) is 4.25. The molecule has 0 atom stereocenters. The van der Waals surface area contributed by atoms with Gasteiger partial charge < -0.3 is 10.6 Å². The number of nitrogens with one attached hydrogen (secondary N) is 2.